The minimum atomic E-state index is -0.787. The number of β-amino-alcohol motifs (C(OH)–C–C–N with tert-alkyl or cyclic N) is 1. The first-order valence-corrected chi connectivity index (χ1v) is 7.31. The van der Waals surface area contributed by atoms with Crippen LogP contribution in [0.5, 0.6) is 0 Å². The van der Waals surface area contributed by atoms with Gasteiger partial charge in [-0.3, -0.25) is 9.69 Å². The standard InChI is InChI=1S/C16H23NO3/c1-2-9-16(15(19)20)10-6-11-17(16)12-14(18)13-7-4-3-5-8-13/h3-5,7-8,14,18H,2,6,9-12H2,1H3,(H,19,20). The van der Waals surface area contributed by atoms with Crippen molar-refractivity contribution >= 4 is 5.97 Å². The Morgan fingerprint density at radius 2 is 2.10 bits per heavy atom. The summed E-state index contributed by atoms with van der Waals surface area (Å²) in [6.07, 6.45) is 2.41. The maximum atomic E-state index is 11.7. The first-order chi connectivity index (χ1) is 9.60. The van der Waals surface area contributed by atoms with Crippen molar-refractivity contribution in [3.8, 4) is 0 Å². The fourth-order valence-corrected chi connectivity index (χ4v) is 3.24. The van der Waals surface area contributed by atoms with Crippen molar-refractivity contribution in [2.75, 3.05) is 13.1 Å². The summed E-state index contributed by atoms with van der Waals surface area (Å²) in [5, 5.41) is 20.0. The van der Waals surface area contributed by atoms with Gasteiger partial charge in [0.25, 0.3) is 0 Å². The molecular formula is C16H23NO3. The number of carbonyl (C=O) groups is 1. The van der Waals surface area contributed by atoms with Gasteiger partial charge in [-0.1, -0.05) is 43.7 Å². The molecule has 0 aromatic heterocycles. The minimum absolute atomic E-state index is 0.385. The molecule has 0 bridgehead atoms. The van der Waals surface area contributed by atoms with E-state index in [1.807, 2.05) is 42.2 Å². The Balaban J connectivity index is 2.13. The molecule has 1 heterocycles. The maximum Gasteiger partial charge on any atom is 0.324 e. The summed E-state index contributed by atoms with van der Waals surface area (Å²) in [4.78, 5) is 13.7. The second-order valence-corrected chi connectivity index (χ2v) is 5.56. The first kappa shape index (κ1) is 15.0. The highest BCUT2D eigenvalue weighted by Gasteiger charge is 2.47. The maximum absolute atomic E-state index is 11.7. The van der Waals surface area contributed by atoms with Crippen molar-refractivity contribution in [1.29, 1.82) is 0 Å². The van der Waals surface area contributed by atoms with Crippen LogP contribution in [0.15, 0.2) is 30.3 Å². The van der Waals surface area contributed by atoms with Gasteiger partial charge in [-0.05, 0) is 31.4 Å². The number of aliphatic carboxylic acids is 1. The molecule has 110 valence electrons. The molecule has 0 spiro atoms. The second-order valence-electron chi connectivity index (χ2n) is 5.56. The topological polar surface area (TPSA) is 60.8 Å². The quantitative estimate of drug-likeness (QED) is 0.838. The highest BCUT2D eigenvalue weighted by molar-refractivity contribution is 5.79. The van der Waals surface area contributed by atoms with Crippen molar-refractivity contribution in [3.05, 3.63) is 35.9 Å². The van der Waals surface area contributed by atoms with E-state index in [-0.39, 0.29) is 0 Å². The van der Waals surface area contributed by atoms with Gasteiger partial charge in [0.1, 0.15) is 5.54 Å². The summed E-state index contributed by atoms with van der Waals surface area (Å²) >= 11 is 0. The fourth-order valence-electron chi connectivity index (χ4n) is 3.24. The molecule has 1 aromatic carbocycles. The molecule has 0 saturated carbocycles. The number of carboxylic acid groups (broad SMARTS) is 1. The highest BCUT2D eigenvalue weighted by Crippen LogP contribution is 2.35. The van der Waals surface area contributed by atoms with E-state index in [0.29, 0.717) is 19.4 Å². The number of aliphatic hydroxyl groups excluding tert-OH is 1. The van der Waals surface area contributed by atoms with Crippen LogP contribution in [0.3, 0.4) is 0 Å². The zero-order chi connectivity index (χ0) is 14.6. The van der Waals surface area contributed by atoms with E-state index in [1.165, 1.54) is 0 Å². The summed E-state index contributed by atoms with van der Waals surface area (Å²) in [5.41, 5.74) is 0.0556. The van der Waals surface area contributed by atoms with E-state index in [4.69, 9.17) is 0 Å². The van der Waals surface area contributed by atoms with Gasteiger partial charge in [-0.25, -0.2) is 0 Å². The minimum Gasteiger partial charge on any atom is -0.480 e. The van der Waals surface area contributed by atoms with Crippen LogP contribution in [0.25, 0.3) is 0 Å². The third-order valence-corrected chi connectivity index (χ3v) is 4.26. The van der Waals surface area contributed by atoms with E-state index >= 15 is 0 Å². The van der Waals surface area contributed by atoms with Crippen LogP contribution in [0.1, 0.15) is 44.3 Å². The highest BCUT2D eigenvalue weighted by atomic mass is 16.4. The van der Waals surface area contributed by atoms with Crippen molar-refractivity contribution in [3.63, 3.8) is 0 Å². The van der Waals surface area contributed by atoms with Gasteiger partial charge in [0.15, 0.2) is 0 Å². The van der Waals surface area contributed by atoms with Crippen molar-refractivity contribution < 1.29 is 15.0 Å². The van der Waals surface area contributed by atoms with Gasteiger partial charge >= 0.3 is 5.97 Å². The third-order valence-electron chi connectivity index (χ3n) is 4.26. The molecule has 4 nitrogen and oxygen atoms in total. The van der Waals surface area contributed by atoms with Gasteiger partial charge in [-0.15, -0.1) is 0 Å². The molecule has 1 saturated heterocycles. The van der Waals surface area contributed by atoms with Crippen LogP contribution in [0, 0.1) is 0 Å². The zero-order valence-electron chi connectivity index (χ0n) is 12.0. The largest absolute Gasteiger partial charge is 0.480 e. The molecule has 2 rings (SSSR count). The Hall–Kier alpha value is -1.39. The van der Waals surface area contributed by atoms with Crippen molar-refractivity contribution in [2.45, 2.75) is 44.2 Å². The Labute approximate surface area is 120 Å². The zero-order valence-corrected chi connectivity index (χ0v) is 12.0. The predicted octanol–water partition coefficient (Wildman–Crippen LogP) is 2.44. The summed E-state index contributed by atoms with van der Waals surface area (Å²) in [6.45, 7) is 3.14. The van der Waals surface area contributed by atoms with E-state index in [9.17, 15) is 15.0 Å². The fraction of sp³-hybridized carbons (Fsp3) is 0.562. The molecule has 2 N–H and O–H groups in total. The van der Waals surface area contributed by atoms with Crippen LogP contribution < -0.4 is 0 Å². The van der Waals surface area contributed by atoms with Crippen LogP contribution in [0.4, 0.5) is 0 Å². The van der Waals surface area contributed by atoms with Gasteiger partial charge in [-0.2, -0.15) is 0 Å². The molecule has 4 heteroatoms. The molecule has 1 aromatic rings. The molecule has 2 atom stereocenters. The summed E-state index contributed by atoms with van der Waals surface area (Å²) in [5.74, 6) is -0.753. The van der Waals surface area contributed by atoms with E-state index in [2.05, 4.69) is 0 Å². The van der Waals surface area contributed by atoms with Crippen LogP contribution in [0.2, 0.25) is 0 Å². The first-order valence-electron chi connectivity index (χ1n) is 7.31. The lowest BCUT2D eigenvalue weighted by atomic mass is 9.90. The Morgan fingerprint density at radius 3 is 2.70 bits per heavy atom. The third kappa shape index (κ3) is 2.86. The van der Waals surface area contributed by atoms with Crippen LogP contribution in [-0.4, -0.2) is 39.7 Å². The summed E-state index contributed by atoms with van der Waals surface area (Å²) < 4.78 is 0. The molecular weight excluding hydrogens is 254 g/mol. The molecule has 2 unspecified atom stereocenters. The number of carboxylic acids is 1. The number of aliphatic hydroxyl groups is 1. The average Bonchev–Trinajstić information content (AvgIpc) is 2.84. The molecule has 20 heavy (non-hydrogen) atoms. The monoisotopic (exact) mass is 277 g/mol. The SMILES string of the molecule is CCCC1(C(=O)O)CCCN1CC(O)c1ccccc1. The number of hydrogen-bond donors (Lipinski definition) is 2. The number of likely N-dealkylation sites (tertiary alicyclic amines) is 1. The number of rotatable bonds is 6. The molecule has 0 radical (unpaired) electrons. The predicted molar refractivity (Wildman–Crippen MR) is 77.5 cm³/mol. The normalized spacial score (nSPS) is 24.7. The summed E-state index contributed by atoms with van der Waals surface area (Å²) in [6, 6.07) is 9.44. The molecule has 1 aliphatic rings. The smallest absolute Gasteiger partial charge is 0.324 e. The lowest BCUT2D eigenvalue weighted by Crippen LogP contribution is -2.51. The average molecular weight is 277 g/mol. The Bertz CT molecular complexity index is 448. The second kappa shape index (κ2) is 6.37. The van der Waals surface area contributed by atoms with Gasteiger partial charge < -0.3 is 10.2 Å². The summed E-state index contributed by atoms with van der Waals surface area (Å²) in [7, 11) is 0. The number of benzene rings is 1. The Morgan fingerprint density at radius 1 is 1.40 bits per heavy atom. The molecule has 0 aliphatic carbocycles. The molecule has 1 aliphatic heterocycles. The molecule has 1 fully saturated rings. The number of hydrogen-bond acceptors (Lipinski definition) is 3. The van der Waals surface area contributed by atoms with Gasteiger partial charge in [0, 0.05) is 6.54 Å². The van der Waals surface area contributed by atoms with Crippen molar-refractivity contribution in [1.82, 2.24) is 4.90 Å². The van der Waals surface area contributed by atoms with Crippen LogP contribution in [-0.2, 0) is 4.79 Å². The van der Waals surface area contributed by atoms with E-state index in [1.54, 1.807) is 0 Å². The van der Waals surface area contributed by atoms with E-state index in [0.717, 1.165) is 24.9 Å². The van der Waals surface area contributed by atoms with Gasteiger partial charge in [0.05, 0.1) is 6.10 Å². The van der Waals surface area contributed by atoms with Gasteiger partial charge in [0.2, 0.25) is 0 Å². The van der Waals surface area contributed by atoms with Crippen molar-refractivity contribution in [2.24, 2.45) is 0 Å². The van der Waals surface area contributed by atoms with E-state index < -0.39 is 17.6 Å². The van der Waals surface area contributed by atoms with Crippen LogP contribution >= 0.6 is 0 Å². The lowest BCUT2D eigenvalue weighted by Gasteiger charge is -2.35. The Kier molecular flexibility index (Phi) is 4.78. The lowest BCUT2D eigenvalue weighted by molar-refractivity contribution is -0.151. The number of nitrogens with zero attached hydrogens (tertiary/aromatic N) is 1. The molecule has 0 amide bonds.